The Morgan fingerprint density at radius 1 is 1.06 bits per heavy atom. The van der Waals surface area contributed by atoms with Gasteiger partial charge in [-0.1, -0.05) is 49.7 Å². The molecule has 3 aromatic rings. The van der Waals surface area contributed by atoms with Crippen LogP contribution in [0.25, 0.3) is 0 Å². The summed E-state index contributed by atoms with van der Waals surface area (Å²) in [4.78, 5) is 26.3. The molecule has 9 heteroatoms. The molecule has 0 spiro atoms. The normalized spacial score (nSPS) is 12.2. The van der Waals surface area contributed by atoms with Crippen molar-refractivity contribution in [2.45, 2.75) is 59.0 Å². The molecule has 1 atom stereocenters. The quantitative estimate of drug-likeness (QED) is 0.347. The number of rotatable bonds is 11. The molecule has 0 saturated heterocycles. The third-order valence-electron chi connectivity index (χ3n) is 5.83. The molecule has 0 unspecified atom stereocenters. The highest BCUT2D eigenvalue weighted by Crippen LogP contribution is 2.24. The first-order valence-corrected chi connectivity index (χ1v) is 12.1. The van der Waals surface area contributed by atoms with Gasteiger partial charge in [0.05, 0.1) is 0 Å². The average Bonchev–Trinajstić information content (AvgIpc) is 2.84. The third-order valence-corrected chi connectivity index (χ3v) is 6.08. The minimum atomic E-state index is -0.929. The summed E-state index contributed by atoms with van der Waals surface area (Å²) in [5, 5.41) is 13.2. The van der Waals surface area contributed by atoms with E-state index in [0.29, 0.717) is 23.2 Å². The fourth-order valence-corrected chi connectivity index (χ4v) is 3.92. The van der Waals surface area contributed by atoms with Crippen LogP contribution < -0.4 is 27.0 Å². The molecule has 1 aromatic heterocycles. The van der Waals surface area contributed by atoms with E-state index in [0.717, 1.165) is 15.7 Å². The number of nitrogen functional groups attached to an aromatic ring is 1. The summed E-state index contributed by atoms with van der Waals surface area (Å²) in [6, 6.07) is 15.0. The zero-order valence-electron chi connectivity index (χ0n) is 20.3. The lowest BCUT2D eigenvalue weighted by atomic mass is 10.0. The van der Waals surface area contributed by atoms with Gasteiger partial charge >= 0.3 is 5.69 Å². The Labute approximate surface area is 209 Å². The van der Waals surface area contributed by atoms with Gasteiger partial charge in [0.1, 0.15) is 17.1 Å². The number of benzene rings is 2. The molecule has 0 fully saturated rings. The van der Waals surface area contributed by atoms with Crippen LogP contribution in [0.4, 0.5) is 5.82 Å². The van der Waals surface area contributed by atoms with Gasteiger partial charge in [0.25, 0.3) is 5.56 Å². The second kappa shape index (κ2) is 12.1. The number of nitrogens with one attached hydrogen (secondary N) is 1. The molecule has 0 bridgehead atoms. The van der Waals surface area contributed by atoms with E-state index >= 15 is 0 Å². The number of anilines is 1. The second-order valence-electron chi connectivity index (χ2n) is 8.59. The van der Waals surface area contributed by atoms with Crippen molar-refractivity contribution in [2.24, 2.45) is 0 Å². The van der Waals surface area contributed by atoms with Crippen LogP contribution in [0.1, 0.15) is 56.0 Å². The van der Waals surface area contributed by atoms with E-state index in [1.54, 1.807) is 19.1 Å². The fourth-order valence-electron chi connectivity index (χ4n) is 3.80. The number of ether oxygens (including phenoxy) is 1. The standard InChI is InChI=1S/C26H33ClN4O4/c1-4-30-23(28)22(25(33)31(26(30)34)14-5-15-32)24(29-16-18-6-10-20(27)11-7-18)35-21-12-8-19(9-13-21)17(2)3/h6-13,17,24,29,32H,4-5,14-16,28H2,1-3H3/t24-/m1/s1. The molecule has 2 aromatic carbocycles. The van der Waals surface area contributed by atoms with Crippen molar-refractivity contribution in [1.82, 2.24) is 14.5 Å². The summed E-state index contributed by atoms with van der Waals surface area (Å²) in [5.41, 5.74) is 7.55. The van der Waals surface area contributed by atoms with Gasteiger partial charge in [0, 0.05) is 31.3 Å². The van der Waals surface area contributed by atoms with Crippen molar-refractivity contribution < 1.29 is 9.84 Å². The predicted molar refractivity (Wildman–Crippen MR) is 139 cm³/mol. The van der Waals surface area contributed by atoms with Gasteiger partial charge in [-0.15, -0.1) is 0 Å². The van der Waals surface area contributed by atoms with Crippen LogP contribution in [-0.4, -0.2) is 20.8 Å². The maximum atomic E-state index is 13.5. The topological polar surface area (TPSA) is 112 Å². The molecule has 0 aliphatic carbocycles. The van der Waals surface area contributed by atoms with Crippen molar-refractivity contribution >= 4 is 17.4 Å². The van der Waals surface area contributed by atoms with E-state index in [4.69, 9.17) is 22.1 Å². The van der Waals surface area contributed by atoms with Gasteiger partial charge in [-0.3, -0.25) is 19.2 Å². The van der Waals surface area contributed by atoms with Gasteiger partial charge < -0.3 is 15.6 Å². The number of aliphatic hydroxyl groups excluding tert-OH is 1. The van der Waals surface area contributed by atoms with Crippen molar-refractivity contribution in [3.8, 4) is 5.75 Å². The molecule has 35 heavy (non-hydrogen) atoms. The largest absolute Gasteiger partial charge is 0.471 e. The lowest BCUT2D eigenvalue weighted by Crippen LogP contribution is -2.46. The minimum absolute atomic E-state index is 0.0511. The lowest BCUT2D eigenvalue weighted by Gasteiger charge is -2.24. The third kappa shape index (κ3) is 6.33. The highest BCUT2D eigenvalue weighted by atomic mass is 35.5. The molecule has 0 saturated carbocycles. The Kier molecular flexibility index (Phi) is 9.14. The molecule has 0 amide bonds. The Morgan fingerprint density at radius 3 is 2.29 bits per heavy atom. The molecule has 4 N–H and O–H groups in total. The predicted octanol–water partition coefficient (Wildman–Crippen LogP) is 3.64. The average molecular weight is 501 g/mol. The molecule has 188 valence electrons. The molecular weight excluding hydrogens is 468 g/mol. The number of halogens is 1. The van der Waals surface area contributed by atoms with E-state index in [9.17, 15) is 14.7 Å². The maximum absolute atomic E-state index is 13.5. The zero-order valence-corrected chi connectivity index (χ0v) is 21.1. The van der Waals surface area contributed by atoms with Gasteiger partial charge in [0.2, 0.25) is 0 Å². The Bertz CT molecular complexity index is 1230. The molecule has 0 radical (unpaired) electrons. The zero-order chi connectivity index (χ0) is 25.5. The molecule has 1 heterocycles. The fraction of sp³-hybridized carbons (Fsp3) is 0.385. The smallest absolute Gasteiger partial charge is 0.332 e. The number of aliphatic hydroxyl groups is 1. The van der Waals surface area contributed by atoms with Crippen LogP contribution in [0.2, 0.25) is 5.02 Å². The van der Waals surface area contributed by atoms with Crippen LogP contribution in [0.5, 0.6) is 5.75 Å². The summed E-state index contributed by atoms with van der Waals surface area (Å²) in [6.07, 6.45) is -0.662. The second-order valence-corrected chi connectivity index (χ2v) is 9.03. The van der Waals surface area contributed by atoms with Crippen LogP contribution in [0, 0.1) is 0 Å². The van der Waals surface area contributed by atoms with Crippen LogP contribution >= 0.6 is 11.6 Å². The summed E-state index contributed by atoms with van der Waals surface area (Å²) in [7, 11) is 0. The number of hydrogen-bond donors (Lipinski definition) is 3. The van der Waals surface area contributed by atoms with E-state index in [-0.39, 0.29) is 37.5 Å². The molecule has 0 aliphatic rings. The highest BCUT2D eigenvalue weighted by molar-refractivity contribution is 6.30. The summed E-state index contributed by atoms with van der Waals surface area (Å²) in [6.45, 7) is 6.58. The summed E-state index contributed by atoms with van der Waals surface area (Å²) in [5.74, 6) is 0.971. The van der Waals surface area contributed by atoms with E-state index in [1.165, 1.54) is 4.57 Å². The summed E-state index contributed by atoms with van der Waals surface area (Å²) < 4.78 is 8.69. The van der Waals surface area contributed by atoms with Crippen molar-refractivity contribution in [3.05, 3.63) is 91.1 Å². The van der Waals surface area contributed by atoms with Crippen LogP contribution in [0.15, 0.2) is 58.1 Å². The summed E-state index contributed by atoms with van der Waals surface area (Å²) >= 11 is 6.01. The molecule has 3 rings (SSSR count). The highest BCUT2D eigenvalue weighted by Gasteiger charge is 2.25. The molecule has 0 aliphatic heterocycles. The number of nitrogens with two attached hydrogens (primary N) is 1. The van der Waals surface area contributed by atoms with Gasteiger partial charge in [-0.2, -0.15) is 0 Å². The Morgan fingerprint density at radius 2 is 1.71 bits per heavy atom. The van der Waals surface area contributed by atoms with E-state index < -0.39 is 17.5 Å². The van der Waals surface area contributed by atoms with Crippen molar-refractivity contribution in [3.63, 3.8) is 0 Å². The minimum Gasteiger partial charge on any atom is -0.471 e. The Balaban J connectivity index is 2.06. The Hall–Kier alpha value is -3.07. The van der Waals surface area contributed by atoms with Crippen LogP contribution in [0.3, 0.4) is 0 Å². The monoisotopic (exact) mass is 500 g/mol. The number of hydrogen-bond acceptors (Lipinski definition) is 6. The first-order valence-electron chi connectivity index (χ1n) is 11.7. The van der Waals surface area contributed by atoms with E-state index in [2.05, 4.69) is 19.2 Å². The number of nitrogens with zero attached hydrogens (tertiary/aromatic N) is 2. The molecule has 8 nitrogen and oxygen atoms in total. The van der Waals surface area contributed by atoms with Crippen LogP contribution in [-0.2, 0) is 19.6 Å². The van der Waals surface area contributed by atoms with Crippen molar-refractivity contribution in [2.75, 3.05) is 12.3 Å². The lowest BCUT2D eigenvalue weighted by molar-refractivity contribution is 0.161. The number of aromatic nitrogens is 2. The van der Waals surface area contributed by atoms with Gasteiger partial charge in [-0.25, -0.2) is 4.79 Å². The molecular formula is C26H33ClN4O4. The van der Waals surface area contributed by atoms with E-state index in [1.807, 2.05) is 36.4 Å². The SMILES string of the molecule is CCn1c(N)c([C@H](NCc2ccc(Cl)cc2)Oc2ccc(C(C)C)cc2)c(=O)n(CCCO)c1=O. The van der Waals surface area contributed by atoms with Gasteiger partial charge in [0.15, 0.2) is 6.23 Å². The first-order chi connectivity index (χ1) is 16.8. The maximum Gasteiger partial charge on any atom is 0.332 e. The van der Waals surface area contributed by atoms with Gasteiger partial charge in [-0.05, 0) is 54.7 Å². The first kappa shape index (κ1) is 26.5. The van der Waals surface area contributed by atoms with Crippen molar-refractivity contribution in [1.29, 1.82) is 0 Å².